The van der Waals surface area contributed by atoms with Gasteiger partial charge in [0.05, 0.1) is 39.6 Å². The van der Waals surface area contributed by atoms with Gasteiger partial charge in [-0.2, -0.15) is 0 Å². The minimum absolute atomic E-state index is 0.0285. The van der Waals surface area contributed by atoms with E-state index < -0.39 is 0 Å². The highest BCUT2D eigenvalue weighted by Gasteiger charge is 1.95. The first-order chi connectivity index (χ1) is 9.13. The first kappa shape index (κ1) is 18.5. The second-order valence-corrected chi connectivity index (χ2v) is 4.77. The maximum Gasteiger partial charge on any atom is 0.155 e. The maximum atomic E-state index is 10.6. The van der Waals surface area contributed by atoms with Crippen LogP contribution in [0.5, 0.6) is 0 Å². The van der Waals surface area contributed by atoms with E-state index in [1.807, 2.05) is 0 Å². The van der Waals surface area contributed by atoms with Crippen LogP contribution in [0.1, 0.15) is 27.2 Å². The molecular weight excluding hydrogens is 248 g/mol. The Morgan fingerprint density at radius 3 is 1.63 bits per heavy atom. The third kappa shape index (κ3) is 17.5. The van der Waals surface area contributed by atoms with E-state index in [9.17, 15) is 4.79 Å². The third-order valence-electron chi connectivity index (χ3n) is 2.26. The molecule has 0 N–H and O–H groups in total. The highest BCUT2D eigenvalue weighted by Crippen LogP contribution is 1.98. The molecule has 0 unspecified atom stereocenters. The summed E-state index contributed by atoms with van der Waals surface area (Å²) < 4.78 is 21.1. The van der Waals surface area contributed by atoms with Crippen LogP contribution in [0.25, 0.3) is 0 Å². The molecule has 0 heterocycles. The van der Waals surface area contributed by atoms with Gasteiger partial charge < -0.3 is 18.9 Å². The molecule has 0 aromatic carbocycles. The minimum atomic E-state index is 0.0285. The van der Waals surface area contributed by atoms with Gasteiger partial charge >= 0.3 is 0 Å². The number of hydrogen-bond acceptors (Lipinski definition) is 5. The van der Waals surface area contributed by atoms with E-state index in [0.29, 0.717) is 45.6 Å². The van der Waals surface area contributed by atoms with Crippen LogP contribution < -0.4 is 0 Å². The third-order valence-corrected chi connectivity index (χ3v) is 2.26. The normalized spacial score (nSPS) is 11.2. The van der Waals surface area contributed by atoms with Gasteiger partial charge in [-0.05, 0) is 19.3 Å². The molecule has 5 nitrogen and oxygen atoms in total. The van der Waals surface area contributed by atoms with Crippen molar-refractivity contribution in [2.24, 2.45) is 5.92 Å². The lowest BCUT2D eigenvalue weighted by Crippen LogP contribution is -2.13. The van der Waals surface area contributed by atoms with Gasteiger partial charge in [0, 0.05) is 6.61 Å². The van der Waals surface area contributed by atoms with Crippen LogP contribution in [-0.2, 0) is 23.7 Å². The smallest absolute Gasteiger partial charge is 0.155 e. The molecule has 0 fully saturated rings. The Balaban J connectivity index is 2.97. The maximum absolute atomic E-state index is 10.6. The number of Topliss-reactive ketones (excluding diaryl/α,β-unsaturated/α-hetero) is 1. The van der Waals surface area contributed by atoms with Crippen LogP contribution in [0, 0.1) is 5.92 Å². The van der Waals surface area contributed by atoms with E-state index in [4.69, 9.17) is 18.9 Å². The van der Waals surface area contributed by atoms with Crippen molar-refractivity contribution in [1.82, 2.24) is 0 Å². The molecule has 0 saturated heterocycles. The summed E-state index contributed by atoms with van der Waals surface area (Å²) in [6, 6.07) is 0. The van der Waals surface area contributed by atoms with Crippen LogP contribution >= 0.6 is 0 Å². The van der Waals surface area contributed by atoms with Crippen molar-refractivity contribution in [1.29, 1.82) is 0 Å². The summed E-state index contributed by atoms with van der Waals surface area (Å²) in [6.45, 7) is 10.1. The van der Waals surface area contributed by atoms with Gasteiger partial charge in [0.2, 0.25) is 0 Å². The van der Waals surface area contributed by atoms with Gasteiger partial charge in [-0.15, -0.1) is 0 Å². The van der Waals surface area contributed by atoms with Gasteiger partial charge in [-0.1, -0.05) is 13.8 Å². The van der Waals surface area contributed by atoms with E-state index in [-0.39, 0.29) is 12.4 Å². The van der Waals surface area contributed by atoms with E-state index >= 15 is 0 Å². The number of rotatable bonds is 14. The van der Waals surface area contributed by atoms with Crippen LogP contribution in [-0.4, -0.2) is 58.6 Å². The zero-order valence-electron chi connectivity index (χ0n) is 12.5. The molecule has 5 heteroatoms. The predicted octanol–water partition coefficient (Wildman–Crippen LogP) is 1.69. The molecule has 0 aromatic heterocycles. The Morgan fingerprint density at radius 1 is 0.789 bits per heavy atom. The average Bonchev–Trinajstić information content (AvgIpc) is 2.34. The van der Waals surface area contributed by atoms with Crippen molar-refractivity contribution in [3.05, 3.63) is 0 Å². The molecule has 0 spiro atoms. The quantitative estimate of drug-likeness (QED) is 0.452. The van der Waals surface area contributed by atoms with E-state index in [0.717, 1.165) is 13.0 Å². The summed E-state index contributed by atoms with van der Waals surface area (Å²) in [5, 5.41) is 0. The second-order valence-electron chi connectivity index (χ2n) is 4.77. The Hall–Kier alpha value is -0.490. The summed E-state index contributed by atoms with van der Waals surface area (Å²) in [6.07, 6.45) is 1.09. The lowest BCUT2D eigenvalue weighted by Gasteiger charge is -2.08. The molecule has 0 rings (SSSR count). The summed E-state index contributed by atoms with van der Waals surface area (Å²) in [5.74, 6) is 0.709. The fraction of sp³-hybridized carbons (Fsp3) is 0.929. The van der Waals surface area contributed by atoms with Crippen LogP contribution in [0.15, 0.2) is 0 Å². The molecular formula is C14H28O5. The fourth-order valence-corrected chi connectivity index (χ4v) is 1.19. The van der Waals surface area contributed by atoms with Crippen LogP contribution in [0.3, 0.4) is 0 Å². The molecule has 0 aliphatic rings. The molecule has 0 atom stereocenters. The van der Waals surface area contributed by atoms with Crippen molar-refractivity contribution in [2.75, 3.05) is 52.9 Å². The number of ketones is 1. The monoisotopic (exact) mass is 276 g/mol. The SMILES string of the molecule is CC(=O)COCCOCCOCCOCCC(C)C. The molecule has 0 saturated carbocycles. The molecule has 19 heavy (non-hydrogen) atoms. The van der Waals surface area contributed by atoms with E-state index in [1.54, 1.807) is 0 Å². The topological polar surface area (TPSA) is 54.0 Å². The number of carbonyl (C=O) groups excluding carboxylic acids is 1. The summed E-state index contributed by atoms with van der Waals surface area (Å²) in [7, 11) is 0. The Labute approximate surface area is 116 Å². The zero-order valence-corrected chi connectivity index (χ0v) is 12.5. The molecule has 114 valence electrons. The Morgan fingerprint density at radius 2 is 1.21 bits per heavy atom. The second kappa shape index (κ2) is 13.9. The van der Waals surface area contributed by atoms with Crippen molar-refractivity contribution >= 4 is 5.78 Å². The van der Waals surface area contributed by atoms with Crippen LogP contribution in [0.2, 0.25) is 0 Å². The van der Waals surface area contributed by atoms with Crippen molar-refractivity contribution in [3.8, 4) is 0 Å². The summed E-state index contributed by atoms with van der Waals surface area (Å²) in [5.41, 5.74) is 0. The van der Waals surface area contributed by atoms with Gasteiger partial charge in [0.15, 0.2) is 5.78 Å². The Kier molecular flexibility index (Phi) is 13.6. The highest BCUT2D eigenvalue weighted by molar-refractivity contribution is 5.76. The largest absolute Gasteiger partial charge is 0.379 e. The van der Waals surface area contributed by atoms with Crippen LogP contribution in [0.4, 0.5) is 0 Å². The molecule has 0 amide bonds. The standard InChI is InChI=1S/C14H28O5/c1-13(2)4-5-16-6-7-17-8-9-18-10-11-19-12-14(3)15/h13H,4-12H2,1-3H3. The molecule has 0 aromatic rings. The average molecular weight is 276 g/mol. The molecule has 0 aliphatic carbocycles. The van der Waals surface area contributed by atoms with E-state index in [1.165, 1.54) is 6.92 Å². The van der Waals surface area contributed by atoms with E-state index in [2.05, 4.69) is 13.8 Å². The molecule has 0 bridgehead atoms. The lowest BCUT2D eigenvalue weighted by molar-refractivity contribution is -0.122. The molecule has 0 aliphatic heterocycles. The number of hydrogen-bond donors (Lipinski definition) is 0. The van der Waals surface area contributed by atoms with Gasteiger partial charge in [0.25, 0.3) is 0 Å². The van der Waals surface area contributed by atoms with Gasteiger partial charge in [-0.25, -0.2) is 0 Å². The van der Waals surface area contributed by atoms with Gasteiger partial charge in [0.1, 0.15) is 6.61 Å². The first-order valence-electron chi connectivity index (χ1n) is 6.93. The number of carbonyl (C=O) groups is 1. The van der Waals surface area contributed by atoms with Gasteiger partial charge in [-0.3, -0.25) is 4.79 Å². The van der Waals surface area contributed by atoms with Crippen molar-refractivity contribution in [2.45, 2.75) is 27.2 Å². The fourth-order valence-electron chi connectivity index (χ4n) is 1.19. The summed E-state index contributed by atoms with van der Waals surface area (Å²) in [4.78, 5) is 10.6. The first-order valence-corrected chi connectivity index (χ1v) is 6.93. The minimum Gasteiger partial charge on any atom is -0.379 e. The molecule has 0 radical (unpaired) electrons. The lowest BCUT2D eigenvalue weighted by atomic mass is 10.1. The van der Waals surface area contributed by atoms with Crippen molar-refractivity contribution in [3.63, 3.8) is 0 Å². The van der Waals surface area contributed by atoms with Crippen molar-refractivity contribution < 1.29 is 23.7 Å². The Bertz CT molecular complexity index is 206. The highest BCUT2D eigenvalue weighted by atomic mass is 16.6. The predicted molar refractivity (Wildman–Crippen MR) is 73.4 cm³/mol. The zero-order chi connectivity index (χ0) is 14.3. The number of ether oxygens (including phenoxy) is 4. The summed E-state index contributed by atoms with van der Waals surface area (Å²) >= 11 is 0.